The fourth-order valence-corrected chi connectivity index (χ4v) is 5.18. The van der Waals surface area contributed by atoms with Gasteiger partial charge in [0.25, 0.3) is 5.72 Å². The number of nitrogens with zero attached hydrogens (tertiary/aromatic N) is 1. The van der Waals surface area contributed by atoms with Crippen LogP contribution < -0.4 is 5.43 Å². The van der Waals surface area contributed by atoms with Crippen molar-refractivity contribution in [1.29, 1.82) is 0 Å². The molecule has 10 heteroatoms. The van der Waals surface area contributed by atoms with Gasteiger partial charge in [-0.1, -0.05) is 101 Å². The summed E-state index contributed by atoms with van der Waals surface area (Å²) in [6, 6.07) is 19.3. The molecule has 2 aromatic carbocycles. The zero-order chi connectivity index (χ0) is 30.0. The second-order valence-corrected chi connectivity index (χ2v) is 23.7. The van der Waals surface area contributed by atoms with Crippen LogP contribution in [0.25, 0.3) is 11.1 Å². The van der Waals surface area contributed by atoms with Crippen LogP contribution in [-0.4, -0.2) is 63.2 Å². The molecule has 0 aromatic heterocycles. The van der Waals surface area contributed by atoms with Gasteiger partial charge in [-0.2, -0.15) is 0 Å². The summed E-state index contributed by atoms with van der Waals surface area (Å²) in [5, 5.41) is 12.1. The smallest absolute Gasteiger partial charge is 0.426 e. The molecule has 2 rings (SSSR count). The van der Waals surface area contributed by atoms with E-state index < -0.39 is 39.8 Å². The first-order valence-electron chi connectivity index (χ1n) is 13.9. The van der Waals surface area contributed by atoms with Gasteiger partial charge in [-0.3, -0.25) is 4.79 Å². The summed E-state index contributed by atoms with van der Waals surface area (Å²) in [4.78, 5) is 39.1. The van der Waals surface area contributed by atoms with E-state index in [4.69, 9.17) is 9.47 Å². The first kappa shape index (κ1) is 33.3. The molecule has 0 spiro atoms. The van der Waals surface area contributed by atoms with Crippen molar-refractivity contribution in [1.82, 2.24) is 10.4 Å². The molecule has 0 aliphatic heterocycles. The van der Waals surface area contributed by atoms with Gasteiger partial charge in [0.1, 0.15) is 0 Å². The van der Waals surface area contributed by atoms with Crippen LogP contribution in [0.3, 0.4) is 0 Å². The lowest BCUT2D eigenvalue weighted by molar-refractivity contribution is -0.200. The van der Waals surface area contributed by atoms with E-state index in [2.05, 4.69) is 44.7 Å². The summed E-state index contributed by atoms with van der Waals surface area (Å²) in [7, 11) is -2.96. The number of carbonyl (C=O) groups excluding carboxylic acids is 3. The number of hydrogen-bond donors (Lipinski definition) is 2. The number of ether oxygens (including phenoxy) is 2. The standard InChI is InChI=1S/C30H46N2O6Si2/c1-8-30(36,28(34)37-20-22-39(2,3)4)32(31-29(35)38-21-23-40(5,6)7)27(33)19-16-24-14-17-26(18-15-24)25-12-10-9-11-13-25/h9-15,17-18,36H,8,16,19-23H2,1-7H3,(H,31,35)/t30-/m1/s1. The van der Waals surface area contributed by atoms with E-state index in [0.717, 1.165) is 22.7 Å². The highest BCUT2D eigenvalue weighted by molar-refractivity contribution is 6.76. The van der Waals surface area contributed by atoms with Gasteiger partial charge in [-0.05, 0) is 35.2 Å². The maximum atomic E-state index is 13.4. The molecule has 0 saturated carbocycles. The van der Waals surface area contributed by atoms with Gasteiger partial charge < -0.3 is 14.6 Å². The number of benzene rings is 2. The van der Waals surface area contributed by atoms with Crippen LogP contribution in [0.4, 0.5) is 4.79 Å². The van der Waals surface area contributed by atoms with Gasteiger partial charge >= 0.3 is 12.1 Å². The van der Waals surface area contributed by atoms with Gasteiger partial charge in [0, 0.05) is 29.0 Å². The van der Waals surface area contributed by atoms with Crippen molar-refractivity contribution in [3.8, 4) is 11.1 Å². The highest BCUT2D eigenvalue weighted by Gasteiger charge is 2.46. The van der Waals surface area contributed by atoms with Crippen molar-refractivity contribution in [3.05, 3.63) is 60.2 Å². The van der Waals surface area contributed by atoms with Gasteiger partial charge in [-0.15, -0.1) is 0 Å². The van der Waals surface area contributed by atoms with Gasteiger partial charge in [0.05, 0.1) is 13.2 Å². The maximum Gasteiger partial charge on any atom is 0.426 e. The van der Waals surface area contributed by atoms with E-state index in [-0.39, 0.29) is 26.1 Å². The molecular formula is C30H46N2O6Si2. The van der Waals surface area contributed by atoms with Gasteiger partial charge in [0.2, 0.25) is 5.91 Å². The molecule has 0 unspecified atom stereocenters. The zero-order valence-electron chi connectivity index (χ0n) is 25.1. The molecule has 8 nitrogen and oxygen atoms in total. The molecule has 0 aliphatic rings. The van der Waals surface area contributed by atoms with E-state index in [1.165, 1.54) is 0 Å². The van der Waals surface area contributed by atoms with Crippen LogP contribution in [-0.2, 0) is 25.5 Å². The molecule has 220 valence electrons. The Bertz CT molecular complexity index is 1110. The molecule has 2 amide bonds. The highest BCUT2D eigenvalue weighted by atomic mass is 28.3. The summed E-state index contributed by atoms with van der Waals surface area (Å²) >= 11 is 0. The molecular weight excluding hydrogens is 541 g/mol. The van der Waals surface area contributed by atoms with E-state index in [9.17, 15) is 19.5 Å². The van der Waals surface area contributed by atoms with Gasteiger partial charge in [0.15, 0.2) is 0 Å². The number of aliphatic hydroxyl groups is 1. The van der Waals surface area contributed by atoms with Crippen molar-refractivity contribution in [2.75, 3.05) is 13.2 Å². The van der Waals surface area contributed by atoms with Crippen LogP contribution in [0.2, 0.25) is 51.4 Å². The number of amides is 2. The van der Waals surface area contributed by atoms with Crippen LogP contribution >= 0.6 is 0 Å². The Morgan fingerprint density at radius 2 is 1.35 bits per heavy atom. The Balaban J connectivity index is 2.16. The summed E-state index contributed by atoms with van der Waals surface area (Å²) < 4.78 is 10.7. The molecule has 0 heterocycles. The normalized spacial score (nSPS) is 13.2. The Labute approximate surface area is 241 Å². The van der Waals surface area contributed by atoms with Crippen molar-refractivity contribution >= 4 is 34.1 Å². The first-order valence-corrected chi connectivity index (χ1v) is 21.4. The lowest BCUT2D eigenvalue weighted by atomic mass is 10.0. The SMILES string of the molecule is CC[C@@](O)(C(=O)OCC[Si](C)(C)C)N(NC(=O)OCC[Si](C)(C)C)C(=O)CCc1ccc(-c2ccccc2)cc1. The molecule has 0 saturated heterocycles. The Kier molecular flexibility index (Phi) is 12.1. The molecule has 2 aromatic rings. The molecule has 40 heavy (non-hydrogen) atoms. The molecule has 0 bridgehead atoms. The third-order valence-electron chi connectivity index (χ3n) is 6.50. The molecule has 0 fully saturated rings. The fourth-order valence-electron chi connectivity index (χ4n) is 3.75. The van der Waals surface area contributed by atoms with Crippen LogP contribution in [0.15, 0.2) is 54.6 Å². The maximum absolute atomic E-state index is 13.4. The Hall–Kier alpha value is -2.96. The van der Waals surface area contributed by atoms with E-state index in [1.54, 1.807) is 6.92 Å². The highest BCUT2D eigenvalue weighted by Crippen LogP contribution is 2.22. The minimum atomic E-state index is -2.37. The molecule has 1 atom stereocenters. The van der Waals surface area contributed by atoms with E-state index in [0.29, 0.717) is 17.5 Å². The predicted octanol–water partition coefficient (Wildman–Crippen LogP) is 6.07. The lowest BCUT2D eigenvalue weighted by Crippen LogP contribution is -2.64. The fraction of sp³-hybridized carbons (Fsp3) is 0.500. The first-order chi connectivity index (χ1) is 18.6. The minimum absolute atomic E-state index is 0.0512. The average molecular weight is 587 g/mol. The van der Waals surface area contributed by atoms with Crippen molar-refractivity contribution in [3.63, 3.8) is 0 Å². The Morgan fingerprint density at radius 3 is 1.88 bits per heavy atom. The summed E-state index contributed by atoms with van der Waals surface area (Å²) in [6.07, 6.45) is -0.780. The Morgan fingerprint density at radius 1 is 0.825 bits per heavy atom. The molecule has 0 radical (unpaired) electrons. The van der Waals surface area contributed by atoms with E-state index >= 15 is 0 Å². The monoisotopic (exact) mass is 586 g/mol. The predicted molar refractivity (Wildman–Crippen MR) is 164 cm³/mol. The number of hydrazine groups is 1. The number of carbonyl (C=O) groups is 3. The topological polar surface area (TPSA) is 105 Å². The second-order valence-electron chi connectivity index (χ2n) is 12.5. The van der Waals surface area contributed by atoms with Crippen molar-refractivity contribution in [2.24, 2.45) is 0 Å². The number of hydrogen-bond acceptors (Lipinski definition) is 6. The summed E-state index contributed by atoms with van der Waals surface area (Å²) in [5.41, 5.74) is 3.03. The third kappa shape index (κ3) is 10.9. The largest absolute Gasteiger partial charge is 0.462 e. The quantitative estimate of drug-likeness (QED) is 0.128. The van der Waals surface area contributed by atoms with Crippen LogP contribution in [0, 0.1) is 0 Å². The zero-order valence-corrected chi connectivity index (χ0v) is 27.1. The van der Waals surface area contributed by atoms with Gasteiger partial charge in [-0.25, -0.2) is 20.0 Å². The summed E-state index contributed by atoms with van der Waals surface area (Å²) in [5.74, 6) is -1.60. The number of esters is 1. The number of aryl methyl sites for hydroxylation is 1. The minimum Gasteiger partial charge on any atom is -0.462 e. The second kappa shape index (κ2) is 14.6. The van der Waals surface area contributed by atoms with Crippen molar-refractivity contribution < 1.29 is 29.0 Å². The molecule has 2 N–H and O–H groups in total. The number of rotatable bonds is 13. The average Bonchev–Trinajstić information content (AvgIpc) is 2.89. The third-order valence-corrected chi connectivity index (χ3v) is 9.91. The van der Waals surface area contributed by atoms with Crippen LogP contribution in [0.5, 0.6) is 0 Å². The summed E-state index contributed by atoms with van der Waals surface area (Å²) in [6.45, 7) is 14.8. The van der Waals surface area contributed by atoms with Crippen molar-refractivity contribution in [2.45, 2.75) is 83.3 Å². The van der Waals surface area contributed by atoms with Crippen LogP contribution in [0.1, 0.15) is 25.3 Å². The van der Waals surface area contributed by atoms with E-state index in [1.807, 2.05) is 54.6 Å². The molecule has 0 aliphatic carbocycles. The lowest BCUT2D eigenvalue weighted by Gasteiger charge is -2.36. The number of nitrogens with one attached hydrogen (secondary N) is 1.